The zero-order valence-electron chi connectivity index (χ0n) is 11.3. The smallest absolute Gasteiger partial charge is 0.00674 e. The SMILES string of the molecule is CC(C)C1CCC(NCC(C)(C)C)CC1. The Morgan fingerprint density at radius 1 is 1.07 bits per heavy atom. The fourth-order valence-corrected chi connectivity index (χ4v) is 2.44. The van der Waals surface area contributed by atoms with Gasteiger partial charge in [-0.25, -0.2) is 0 Å². The topological polar surface area (TPSA) is 12.0 Å². The van der Waals surface area contributed by atoms with Crippen LogP contribution in [0.15, 0.2) is 0 Å². The van der Waals surface area contributed by atoms with Crippen molar-refractivity contribution >= 4 is 0 Å². The summed E-state index contributed by atoms with van der Waals surface area (Å²) in [6.07, 6.45) is 5.64. The third-order valence-electron chi connectivity index (χ3n) is 3.64. The van der Waals surface area contributed by atoms with Crippen molar-refractivity contribution in [3.8, 4) is 0 Å². The van der Waals surface area contributed by atoms with Crippen LogP contribution in [0.1, 0.15) is 60.3 Å². The van der Waals surface area contributed by atoms with E-state index in [0.717, 1.165) is 24.4 Å². The van der Waals surface area contributed by atoms with Crippen LogP contribution < -0.4 is 5.32 Å². The van der Waals surface area contributed by atoms with E-state index in [2.05, 4.69) is 39.9 Å². The molecule has 0 spiro atoms. The highest BCUT2D eigenvalue weighted by Gasteiger charge is 2.23. The van der Waals surface area contributed by atoms with Crippen LogP contribution in [-0.4, -0.2) is 12.6 Å². The number of hydrogen-bond acceptors (Lipinski definition) is 1. The van der Waals surface area contributed by atoms with E-state index in [0.29, 0.717) is 5.41 Å². The van der Waals surface area contributed by atoms with Gasteiger partial charge >= 0.3 is 0 Å². The van der Waals surface area contributed by atoms with Gasteiger partial charge in [0, 0.05) is 12.6 Å². The zero-order chi connectivity index (χ0) is 11.5. The molecule has 1 N–H and O–H groups in total. The first-order valence-electron chi connectivity index (χ1n) is 6.62. The average Bonchev–Trinajstić information content (AvgIpc) is 2.14. The number of nitrogens with one attached hydrogen (secondary N) is 1. The third-order valence-corrected chi connectivity index (χ3v) is 3.64. The molecule has 90 valence electrons. The van der Waals surface area contributed by atoms with Gasteiger partial charge in [-0.15, -0.1) is 0 Å². The second-order valence-electron chi connectivity index (χ2n) is 6.80. The molecular weight excluding hydrogens is 182 g/mol. The summed E-state index contributed by atoms with van der Waals surface area (Å²) in [5.74, 6) is 1.87. The van der Waals surface area contributed by atoms with Crippen molar-refractivity contribution in [2.45, 2.75) is 66.3 Å². The van der Waals surface area contributed by atoms with E-state index >= 15 is 0 Å². The van der Waals surface area contributed by atoms with E-state index in [1.165, 1.54) is 25.7 Å². The summed E-state index contributed by atoms with van der Waals surface area (Å²) < 4.78 is 0. The number of rotatable bonds is 3. The second kappa shape index (κ2) is 5.34. The lowest BCUT2D eigenvalue weighted by molar-refractivity contribution is 0.225. The van der Waals surface area contributed by atoms with Crippen molar-refractivity contribution in [1.82, 2.24) is 5.32 Å². The number of hydrogen-bond donors (Lipinski definition) is 1. The molecule has 1 rings (SSSR count). The summed E-state index contributed by atoms with van der Waals surface area (Å²) in [5, 5.41) is 3.72. The van der Waals surface area contributed by atoms with Crippen LogP contribution in [0.3, 0.4) is 0 Å². The van der Waals surface area contributed by atoms with Crippen LogP contribution in [-0.2, 0) is 0 Å². The molecule has 1 aliphatic carbocycles. The lowest BCUT2D eigenvalue weighted by Crippen LogP contribution is -2.38. The standard InChI is InChI=1S/C14H29N/c1-11(2)12-6-8-13(9-7-12)15-10-14(3,4)5/h11-13,15H,6-10H2,1-5H3. The minimum absolute atomic E-state index is 0.425. The van der Waals surface area contributed by atoms with E-state index < -0.39 is 0 Å². The van der Waals surface area contributed by atoms with Crippen LogP contribution >= 0.6 is 0 Å². The summed E-state index contributed by atoms with van der Waals surface area (Å²) in [6.45, 7) is 12.8. The first kappa shape index (κ1) is 13.0. The lowest BCUT2D eigenvalue weighted by atomic mass is 9.79. The Balaban J connectivity index is 2.20. The fourth-order valence-electron chi connectivity index (χ4n) is 2.44. The maximum Gasteiger partial charge on any atom is 0.00674 e. The van der Waals surface area contributed by atoms with Crippen molar-refractivity contribution in [2.75, 3.05) is 6.54 Å². The molecule has 0 bridgehead atoms. The van der Waals surface area contributed by atoms with Crippen molar-refractivity contribution in [3.63, 3.8) is 0 Å². The lowest BCUT2D eigenvalue weighted by Gasteiger charge is -2.33. The van der Waals surface area contributed by atoms with Crippen LogP contribution in [0.5, 0.6) is 0 Å². The van der Waals surface area contributed by atoms with Gasteiger partial charge < -0.3 is 5.32 Å². The van der Waals surface area contributed by atoms with Gasteiger partial charge in [-0.3, -0.25) is 0 Å². The monoisotopic (exact) mass is 211 g/mol. The minimum Gasteiger partial charge on any atom is -0.313 e. The van der Waals surface area contributed by atoms with Crippen LogP contribution in [0.4, 0.5) is 0 Å². The molecule has 0 saturated heterocycles. The molecule has 1 fully saturated rings. The highest BCUT2D eigenvalue weighted by atomic mass is 14.9. The van der Waals surface area contributed by atoms with Crippen LogP contribution in [0.25, 0.3) is 0 Å². The first-order valence-corrected chi connectivity index (χ1v) is 6.62. The van der Waals surface area contributed by atoms with E-state index in [-0.39, 0.29) is 0 Å². The molecule has 0 aromatic rings. The van der Waals surface area contributed by atoms with Gasteiger partial charge in [-0.05, 0) is 42.9 Å². The molecule has 0 heterocycles. The quantitative estimate of drug-likeness (QED) is 0.748. The van der Waals surface area contributed by atoms with Gasteiger partial charge in [0.15, 0.2) is 0 Å². The van der Waals surface area contributed by atoms with Gasteiger partial charge in [0.2, 0.25) is 0 Å². The summed E-state index contributed by atoms with van der Waals surface area (Å²) in [6, 6.07) is 0.791. The molecule has 0 radical (unpaired) electrons. The fraction of sp³-hybridized carbons (Fsp3) is 1.00. The summed E-state index contributed by atoms with van der Waals surface area (Å²) in [4.78, 5) is 0. The van der Waals surface area contributed by atoms with E-state index in [1.807, 2.05) is 0 Å². The van der Waals surface area contributed by atoms with Gasteiger partial charge in [0.05, 0.1) is 0 Å². The van der Waals surface area contributed by atoms with E-state index in [9.17, 15) is 0 Å². The predicted octanol–water partition coefficient (Wildman–Crippen LogP) is 3.84. The summed E-state index contributed by atoms with van der Waals surface area (Å²) in [7, 11) is 0. The van der Waals surface area contributed by atoms with E-state index in [4.69, 9.17) is 0 Å². The molecule has 0 aliphatic heterocycles. The Morgan fingerprint density at radius 3 is 2.00 bits per heavy atom. The molecular formula is C14H29N. The van der Waals surface area contributed by atoms with Gasteiger partial charge in [-0.1, -0.05) is 34.6 Å². The predicted molar refractivity (Wildman–Crippen MR) is 68.0 cm³/mol. The maximum absolute atomic E-state index is 3.72. The van der Waals surface area contributed by atoms with Crippen molar-refractivity contribution in [1.29, 1.82) is 0 Å². The molecule has 0 amide bonds. The molecule has 1 aliphatic rings. The van der Waals surface area contributed by atoms with E-state index in [1.54, 1.807) is 0 Å². The van der Waals surface area contributed by atoms with Gasteiger partial charge in [0.1, 0.15) is 0 Å². The average molecular weight is 211 g/mol. The normalized spacial score (nSPS) is 28.4. The maximum atomic E-state index is 3.72. The highest BCUT2D eigenvalue weighted by molar-refractivity contribution is 4.80. The Kier molecular flexibility index (Phi) is 4.64. The minimum atomic E-state index is 0.425. The van der Waals surface area contributed by atoms with Gasteiger partial charge in [-0.2, -0.15) is 0 Å². The Bertz CT molecular complexity index is 170. The Hall–Kier alpha value is -0.0400. The largest absolute Gasteiger partial charge is 0.313 e. The molecule has 0 unspecified atom stereocenters. The molecule has 1 heteroatoms. The summed E-state index contributed by atoms with van der Waals surface area (Å²) >= 11 is 0. The van der Waals surface area contributed by atoms with Crippen molar-refractivity contribution in [2.24, 2.45) is 17.3 Å². The first-order chi connectivity index (χ1) is 6.88. The Labute approximate surface area is 96.0 Å². The molecule has 15 heavy (non-hydrogen) atoms. The molecule has 0 atom stereocenters. The van der Waals surface area contributed by atoms with Gasteiger partial charge in [0.25, 0.3) is 0 Å². The van der Waals surface area contributed by atoms with Crippen molar-refractivity contribution < 1.29 is 0 Å². The Morgan fingerprint density at radius 2 is 1.60 bits per heavy atom. The molecule has 1 saturated carbocycles. The molecule has 1 nitrogen and oxygen atoms in total. The summed E-state index contributed by atoms with van der Waals surface area (Å²) in [5.41, 5.74) is 0.425. The van der Waals surface area contributed by atoms with Crippen LogP contribution in [0.2, 0.25) is 0 Å². The van der Waals surface area contributed by atoms with Crippen LogP contribution in [0, 0.1) is 17.3 Å². The molecule has 0 aromatic carbocycles. The third kappa shape index (κ3) is 5.01. The second-order valence-corrected chi connectivity index (χ2v) is 6.80. The zero-order valence-corrected chi connectivity index (χ0v) is 11.3. The molecule has 0 aromatic heterocycles. The highest BCUT2D eigenvalue weighted by Crippen LogP contribution is 2.30. The van der Waals surface area contributed by atoms with Crippen molar-refractivity contribution in [3.05, 3.63) is 0 Å².